The average Bonchev–Trinajstić information content (AvgIpc) is 3.05. The van der Waals surface area contributed by atoms with E-state index in [0.717, 1.165) is 24.9 Å². The molecule has 0 aliphatic carbocycles. The van der Waals surface area contributed by atoms with E-state index in [2.05, 4.69) is 10.3 Å². The molecule has 0 saturated heterocycles. The van der Waals surface area contributed by atoms with Crippen molar-refractivity contribution in [2.45, 2.75) is 31.2 Å². The van der Waals surface area contributed by atoms with Gasteiger partial charge < -0.3 is 14.3 Å². The van der Waals surface area contributed by atoms with Gasteiger partial charge in [-0.25, -0.2) is 13.4 Å². The van der Waals surface area contributed by atoms with Crippen LogP contribution in [0.2, 0.25) is 0 Å². The van der Waals surface area contributed by atoms with Gasteiger partial charge in [-0.3, -0.25) is 4.79 Å². The topological polar surface area (TPSA) is 94.2 Å². The summed E-state index contributed by atoms with van der Waals surface area (Å²) in [6, 6.07) is 3.03. The number of imidazole rings is 1. The second-order valence-electron chi connectivity index (χ2n) is 5.54. The number of hydrogen-bond acceptors (Lipinski definition) is 5. The number of rotatable bonds is 4. The molecule has 1 aliphatic heterocycles. The third-order valence-corrected chi connectivity index (χ3v) is 4.37. The molecule has 1 N–H and O–H groups in total. The second kappa shape index (κ2) is 5.60. The maximum absolute atomic E-state index is 12.2. The fourth-order valence-corrected chi connectivity index (χ4v) is 3.25. The van der Waals surface area contributed by atoms with Crippen LogP contribution in [0.5, 0.6) is 0 Å². The van der Waals surface area contributed by atoms with Gasteiger partial charge in [0.15, 0.2) is 15.6 Å². The lowest BCUT2D eigenvalue weighted by Crippen LogP contribution is -2.40. The van der Waals surface area contributed by atoms with Crippen molar-refractivity contribution in [1.82, 2.24) is 14.9 Å². The van der Waals surface area contributed by atoms with Gasteiger partial charge in [0.25, 0.3) is 5.91 Å². The highest BCUT2D eigenvalue weighted by Gasteiger charge is 2.22. The predicted octanol–water partition coefficient (Wildman–Crippen LogP) is 0.765. The molecule has 1 unspecified atom stereocenters. The van der Waals surface area contributed by atoms with Crippen molar-refractivity contribution >= 4 is 15.7 Å². The monoisotopic (exact) mass is 323 g/mol. The first-order valence-electron chi connectivity index (χ1n) is 6.98. The minimum absolute atomic E-state index is 0.0117. The Bertz CT molecular complexity index is 791. The number of aryl methyl sites for hydroxylation is 1. The molecule has 7 nitrogen and oxygen atoms in total. The minimum atomic E-state index is -3.18. The van der Waals surface area contributed by atoms with Crippen LogP contribution >= 0.6 is 0 Å². The standard InChI is InChI=1S/C14H17N3O4S/c1-22(19,20)9-11-3-4-12(21-11)14(18)16-10-2-5-13-15-6-7-17(13)8-10/h3-4,6-7,10H,2,5,8-9H2,1H3,(H,16,18). The van der Waals surface area contributed by atoms with Crippen LogP contribution in [-0.2, 0) is 28.6 Å². The molecule has 2 aromatic rings. The zero-order valence-electron chi connectivity index (χ0n) is 12.2. The lowest BCUT2D eigenvalue weighted by Gasteiger charge is -2.24. The Labute approximate surface area is 128 Å². The first-order valence-corrected chi connectivity index (χ1v) is 9.04. The van der Waals surface area contributed by atoms with Gasteiger partial charge in [0.1, 0.15) is 17.3 Å². The predicted molar refractivity (Wildman–Crippen MR) is 79.1 cm³/mol. The van der Waals surface area contributed by atoms with Gasteiger partial charge in [0.2, 0.25) is 0 Å². The van der Waals surface area contributed by atoms with Gasteiger partial charge in [-0.1, -0.05) is 0 Å². The third-order valence-electron chi connectivity index (χ3n) is 3.56. The summed E-state index contributed by atoms with van der Waals surface area (Å²) in [7, 11) is -3.18. The summed E-state index contributed by atoms with van der Waals surface area (Å²) in [5.74, 6) is 0.901. The number of hydrogen-bond donors (Lipinski definition) is 1. The van der Waals surface area contributed by atoms with Crippen LogP contribution in [0.4, 0.5) is 0 Å². The van der Waals surface area contributed by atoms with E-state index >= 15 is 0 Å². The van der Waals surface area contributed by atoms with Gasteiger partial charge in [0.05, 0.1) is 0 Å². The quantitative estimate of drug-likeness (QED) is 0.896. The third kappa shape index (κ3) is 3.38. The number of amides is 1. The Balaban J connectivity index is 1.63. The highest BCUT2D eigenvalue weighted by atomic mass is 32.2. The van der Waals surface area contributed by atoms with E-state index in [9.17, 15) is 13.2 Å². The van der Waals surface area contributed by atoms with Crippen LogP contribution in [0.25, 0.3) is 0 Å². The van der Waals surface area contributed by atoms with Crippen LogP contribution in [0.15, 0.2) is 28.9 Å². The van der Waals surface area contributed by atoms with Crippen molar-refractivity contribution in [3.8, 4) is 0 Å². The molecule has 22 heavy (non-hydrogen) atoms. The number of nitrogens with zero attached hydrogens (tertiary/aromatic N) is 2. The molecule has 0 aromatic carbocycles. The fourth-order valence-electron chi connectivity index (χ4n) is 2.58. The Kier molecular flexibility index (Phi) is 3.78. The van der Waals surface area contributed by atoms with Crippen LogP contribution in [-0.4, -0.2) is 36.2 Å². The summed E-state index contributed by atoms with van der Waals surface area (Å²) in [4.78, 5) is 16.4. The van der Waals surface area contributed by atoms with Crippen molar-refractivity contribution in [3.63, 3.8) is 0 Å². The molecule has 8 heteroatoms. The Hall–Kier alpha value is -2.09. The molecular formula is C14H17N3O4S. The normalized spacial score (nSPS) is 18.0. The molecule has 3 heterocycles. The minimum Gasteiger partial charge on any atom is -0.455 e. The first-order chi connectivity index (χ1) is 10.4. The summed E-state index contributed by atoms with van der Waals surface area (Å²) in [5.41, 5.74) is 0. The summed E-state index contributed by atoms with van der Waals surface area (Å²) < 4.78 is 29.8. The van der Waals surface area contributed by atoms with E-state index in [1.807, 2.05) is 10.8 Å². The van der Waals surface area contributed by atoms with Crippen molar-refractivity contribution < 1.29 is 17.6 Å². The summed E-state index contributed by atoms with van der Waals surface area (Å²) in [6.45, 7) is 0.679. The maximum Gasteiger partial charge on any atom is 0.287 e. The maximum atomic E-state index is 12.2. The molecule has 0 bridgehead atoms. The number of furan rings is 1. The van der Waals surface area contributed by atoms with E-state index in [0.29, 0.717) is 6.54 Å². The van der Waals surface area contributed by atoms with E-state index in [4.69, 9.17) is 4.42 Å². The van der Waals surface area contributed by atoms with Crippen molar-refractivity contribution in [2.24, 2.45) is 0 Å². The molecule has 0 radical (unpaired) electrons. The van der Waals surface area contributed by atoms with Crippen LogP contribution in [0.1, 0.15) is 28.6 Å². The largest absolute Gasteiger partial charge is 0.455 e. The fraction of sp³-hybridized carbons (Fsp3) is 0.429. The number of nitrogens with one attached hydrogen (secondary N) is 1. The summed E-state index contributed by atoms with van der Waals surface area (Å²) in [5, 5.41) is 2.91. The SMILES string of the molecule is CS(=O)(=O)Cc1ccc(C(=O)NC2CCc3nccn3C2)o1. The molecule has 2 aromatic heterocycles. The van der Waals surface area contributed by atoms with E-state index in [1.54, 1.807) is 6.20 Å². The summed E-state index contributed by atoms with van der Waals surface area (Å²) >= 11 is 0. The molecule has 0 fully saturated rings. The van der Waals surface area contributed by atoms with Crippen LogP contribution in [0, 0.1) is 0 Å². The Morgan fingerprint density at radius 3 is 3.09 bits per heavy atom. The van der Waals surface area contributed by atoms with Gasteiger partial charge >= 0.3 is 0 Å². The van der Waals surface area contributed by atoms with Crippen molar-refractivity contribution in [2.75, 3.05) is 6.26 Å². The first kappa shape index (κ1) is 14.8. The van der Waals surface area contributed by atoms with Gasteiger partial charge in [-0.2, -0.15) is 0 Å². The molecule has 3 rings (SSSR count). The Morgan fingerprint density at radius 2 is 2.32 bits per heavy atom. The average molecular weight is 323 g/mol. The number of carbonyl (C=O) groups is 1. The number of aromatic nitrogens is 2. The smallest absolute Gasteiger partial charge is 0.287 e. The zero-order chi connectivity index (χ0) is 15.7. The molecule has 118 valence electrons. The molecule has 0 saturated carbocycles. The van der Waals surface area contributed by atoms with E-state index in [1.165, 1.54) is 12.1 Å². The van der Waals surface area contributed by atoms with Crippen molar-refractivity contribution in [3.05, 3.63) is 41.9 Å². The molecule has 0 spiro atoms. The highest BCUT2D eigenvalue weighted by molar-refractivity contribution is 7.89. The van der Waals surface area contributed by atoms with Crippen LogP contribution < -0.4 is 5.32 Å². The van der Waals surface area contributed by atoms with E-state index in [-0.39, 0.29) is 29.2 Å². The molecule has 1 aliphatic rings. The highest BCUT2D eigenvalue weighted by Crippen LogP contribution is 2.15. The zero-order valence-corrected chi connectivity index (χ0v) is 13.0. The lowest BCUT2D eigenvalue weighted by molar-refractivity contribution is 0.0898. The van der Waals surface area contributed by atoms with E-state index < -0.39 is 9.84 Å². The Morgan fingerprint density at radius 1 is 1.50 bits per heavy atom. The van der Waals surface area contributed by atoms with Gasteiger partial charge in [-0.15, -0.1) is 0 Å². The molecular weight excluding hydrogens is 306 g/mol. The second-order valence-corrected chi connectivity index (χ2v) is 7.68. The van der Waals surface area contributed by atoms with Crippen LogP contribution in [0.3, 0.4) is 0 Å². The van der Waals surface area contributed by atoms with Gasteiger partial charge in [-0.05, 0) is 18.6 Å². The number of carbonyl (C=O) groups excluding carboxylic acids is 1. The number of sulfone groups is 1. The number of fused-ring (bicyclic) bond motifs is 1. The molecule has 1 atom stereocenters. The lowest BCUT2D eigenvalue weighted by atomic mass is 10.1. The molecule has 1 amide bonds. The summed E-state index contributed by atoms with van der Waals surface area (Å²) in [6.07, 6.45) is 6.41. The van der Waals surface area contributed by atoms with Gasteiger partial charge in [0, 0.05) is 37.7 Å². The van der Waals surface area contributed by atoms with Crippen molar-refractivity contribution in [1.29, 1.82) is 0 Å².